The van der Waals surface area contributed by atoms with E-state index in [2.05, 4.69) is 27.7 Å². The summed E-state index contributed by atoms with van der Waals surface area (Å²) >= 11 is 0. The average Bonchev–Trinajstić information content (AvgIpc) is 2.88. The van der Waals surface area contributed by atoms with Gasteiger partial charge in [-0.3, -0.25) is 0 Å². The van der Waals surface area contributed by atoms with Gasteiger partial charge in [0, 0.05) is 0 Å². The fourth-order valence-electron chi connectivity index (χ4n) is 9.63. The predicted molar refractivity (Wildman–Crippen MR) is 119 cm³/mol. The number of hydrogen-bond donors (Lipinski definition) is 1. The average molecular weight is 443 g/mol. The van der Waals surface area contributed by atoms with Gasteiger partial charge in [-0.25, -0.2) is 0 Å². The molecule has 4 rings (SSSR count). The third-order valence-electron chi connectivity index (χ3n) is 11.5. The van der Waals surface area contributed by atoms with Crippen LogP contribution in [0.4, 0.5) is 13.2 Å². The van der Waals surface area contributed by atoms with E-state index in [0.29, 0.717) is 40.9 Å². The quantitative estimate of drug-likeness (QED) is 0.470. The van der Waals surface area contributed by atoms with Crippen molar-refractivity contribution in [2.24, 2.45) is 58.2 Å². The molecule has 1 nitrogen and oxygen atoms in total. The number of alkyl halides is 3. The summed E-state index contributed by atoms with van der Waals surface area (Å²) < 4.78 is 39.0. The maximum absolute atomic E-state index is 13.0. The zero-order valence-electron chi connectivity index (χ0n) is 20.3. The van der Waals surface area contributed by atoms with Gasteiger partial charge in [0.2, 0.25) is 0 Å². The van der Waals surface area contributed by atoms with E-state index in [-0.39, 0.29) is 12.5 Å². The summed E-state index contributed by atoms with van der Waals surface area (Å²) in [5, 5.41) is 10.3. The molecular weight excluding hydrogens is 397 g/mol. The smallest absolute Gasteiger partial charge is 0.391 e. The van der Waals surface area contributed by atoms with Crippen LogP contribution in [-0.2, 0) is 0 Å². The molecule has 0 aliphatic heterocycles. The van der Waals surface area contributed by atoms with Crippen molar-refractivity contribution in [2.75, 3.05) is 0 Å². The number of fused-ring (bicyclic) bond motifs is 5. The highest BCUT2D eigenvalue weighted by Crippen LogP contribution is 2.70. The van der Waals surface area contributed by atoms with Crippen LogP contribution < -0.4 is 0 Å². The van der Waals surface area contributed by atoms with E-state index in [1.165, 1.54) is 39.0 Å². The molecule has 4 aliphatic carbocycles. The molecule has 0 heterocycles. The molecule has 0 radical (unpaired) electrons. The normalized spacial score (nSPS) is 51.0. The van der Waals surface area contributed by atoms with Gasteiger partial charge in [-0.1, -0.05) is 41.0 Å². The van der Waals surface area contributed by atoms with Crippen LogP contribution in [0.2, 0.25) is 0 Å². The molecule has 0 bridgehead atoms. The lowest BCUT2D eigenvalue weighted by molar-refractivity contribution is -0.171. The number of aliphatic hydroxyl groups is 1. The van der Waals surface area contributed by atoms with Gasteiger partial charge in [0.25, 0.3) is 0 Å². The van der Waals surface area contributed by atoms with E-state index in [4.69, 9.17) is 0 Å². The van der Waals surface area contributed by atoms with Gasteiger partial charge < -0.3 is 5.11 Å². The van der Waals surface area contributed by atoms with Gasteiger partial charge in [-0.15, -0.1) is 0 Å². The first-order valence-corrected chi connectivity index (χ1v) is 13.1. The van der Waals surface area contributed by atoms with Gasteiger partial charge in [0.1, 0.15) is 0 Å². The third kappa shape index (κ3) is 3.89. The Balaban J connectivity index is 1.50. The molecule has 180 valence electrons. The van der Waals surface area contributed by atoms with Crippen molar-refractivity contribution in [2.45, 2.75) is 111 Å². The molecule has 11 unspecified atom stereocenters. The monoisotopic (exact) mass is 442 g/mol. The molecule has 31 heavy (non-hydrogen) atoms. The highest BCUT2D eigenvalue weighted by Gasteiger charge is 2.63. The van der Waals surface area contributed by atoms with Crippen molar-refractivity contribution >= 4 is 0 Å². The Morgan fingerprint density at radius 3 is 2.32 bits per heavy atom. The Hall–Kier alpha value is -0.250. The molecule has 0 spiro atoms. The molecule has 0 aromatic carbocycles. The number of rotatable bonds is 4. The van der Waals surface area contributed by atoms with Crippen molar-refractivity contribution in [3.63, 3.8) is 0 Å². The maximum atomic E-state index is 13.0. The zero-order valence-corrected chi connectivity index (χ0v) is 20.3. The summed E-state index contributed by atoms with van der Waals surface area (Å²) in [6.07, 6.45) is 6.01. The molecule has 0 saturated heterocycles. The molecular formula is C27H45F3O. The summed E-state index contributed by atoms with van der Waals surface area (Å²) in [4.78, 5) is 0. The molecule has 1 N–H and O–H groups in total. The molecule has 0 aromatic heterocycles. The predicted octanol–water partition coefficient (Wildman–Crippen LogP) is 7.87. The highest BCUT2D eigenvalue weighted by molar-refractivity contribution is 5.12. The Kier molecular flexibility index (Phi) is 6.32. The Bertz CT molecular complexity index is 647. The molecule has 4 fully saturated rings. The van der Waals surface area contributed by atoms with Crippen LogP contribution >= 0.6 is 0 Å². The van der Waals surface area contributed by atoms with E-state index < -0.39 is 12.1 Å². The van der Waals surface area contributed by atoms with Crippen molar-refractivity contribution < 1.29 is 18.3 Å². The summed E-state index contributed by atoms with van der Waals surface area (Å²) in [6.45, 7) is 11.2. The van der Waals surface area contributed by atoms with E-state index in [1.54, 1.807) is 0 Å². The maximum Gasteiger partial charge on any atom is 0.391 e. The molecule has 11 atom stereocenters. The summed E-state index contributed by atoms with van der Waals surface area (Å²) in [6, 6.07) is 0. The van der Waals surface area contributed by atoms with Crippen LogP contribution in [0.25, 0.3) is 0 Å². The first kappa shape index (κ1) is 23.9. The minimum Gasteiger partial charge on any atom is -0.393 e. The number of halogens is 3. The fourth-order valence-corrected chi connectivity index (χ4v) is 9.63. The van der Waals surface area contributed by atoms with E-state index >= 15 is 0 Å². The van der Waals surface area contributed by atoms with Crippen LogP contribution in [0.5, 0.6) is 0 Å². The topological polar surface area (TPSA) is 20.2 Å². The second kappa shape index (κ2) is 8.20. The van der Waals surface area contributed by atoms with Gasteiger partial charge in [0.05, 0.1) is 12.0 Å². The van der Waals surface area contributed by atoms with Crippen LogP contribution in [0.3, 0.4) is 0 Å². The lowest BCUT2D eigenvalue weighted by atomic mass is 9.44. The Labute approximate surface area is 187 Å². The Morgan fingerprint density at radius 2 is 1.65 bits per heavy atom. The third-order valence-corrected chi connectivity index (χ3v) is 11.5. The number of aliphatic hydroxyl groups excluding tert-OH is 1. The van der Waals surface area contributed by atoms with Gasteiger partial charge in [-0.2, -0.15) is 13.2 Å². The van der Waals surface area contributed by atoms with Gasteiger partial charge >= 0.3 is 6.18 Å². The summed E-state index contributed by atoms with van der Waals surface area (Å²) in [7, 11) is 0. The zero-order chi connectivity index (χ0) is 22.8. The first-order chi connectivity index (χ1) is 14.4. The van der Waals surface area contributed by atoms with E-state index in [9.17, 15) is 18.3 Å². The van der Waals surface area contributed by atoms with Gasteiger partial charge in [0.15, 0.2) is 0 Å². The fraction of sp³-hybridized carbons (Fsp3) is 1.00. The minimum absolute atomic E-state index is 0.0996. The largest absolute Gasteiger partial charge is 0.393 e. The Morgan fingerprint density at radius 1 is 0.968 bits per heavy atom. The van der Waals surface area contributed by atoms with Crippen LogP contribution in [-0.4, -0.2) is 17.4 Å². The molecule has 0 aromatic rings. The lowest BCUT2D eigenvalue weighted by Gasteiger charge is -2.61. The number of hydrogen-bond acceptors (Lipinski definition) is 1. The van der Waals surface area contributed by atoms with Crippen LogP contribution in [0.15, 0.2) is 0 Å². The van der Waals surface area contributed by atoms with Crippen LogP contribution in [0.1, 0.15) is 98.8 Å². The van der Waals surface area contributed by atoms with Crippen LogP contribution in [0, 0.1) is 58.2 Å². The summed E-state index contributed by atoms with van der Waals surface area (Å²) in [5.41, 5.74) is 0.672. The van der Waals surface area contributed by atoms with E-state index in [0.717, 1.165) is 37.0 Å². The van der Waals surface area contributed by atoms with E-state index in [1.807, 2.05) is 0 Å². The molecule has 4 heteroatoms. The standard InChI is InChI=1S/C27H45F3O/c1-16(27(28,29)30)7-6-8-22-17(2)18(3)24-21-10-9-19-15-20(31)11-13-25(19,4)23(21)12-14-26(22,24)5/h16-24,31H,6-15H2,1-5H3. The summed E-state index contributed by atoms with van der Waals surface area (Å²) in [5.74, 6) is 3.59. The first-order valence-electron chi connectivity index (χ1n) is 13.1. The SMILES string of the molecule is CC1C(C)C2C3CCC4CC(O)CCC4(C)C3CCC2(C)C1CCCC(C)C(F)(F)F. The lowest BCUT2D eigenvalue weighted by Crippen LogP contribution is -2.54. The molecule has 0 amide bonds. The minimum atomic E-state index is -4.05. The second-order valence-corrected chi connectivity index (χ2v) is 12.7. The van der Waals surface area contributed by atoms with Crippen molar-refractivity contribution in [1.29, 1.82) is 0 Å². The van der Waals surface area contributed by atoms with Crippen molar-refractivity contribution in [3.05, 3.63) is 0 Å². The van der Waals surface area contributed by atoms with Crippen molar-refractivity contribution in [3.8, 4) is 0 Å². The van der Waals surface area contributed by atoms with Crippen molar-refractivity contribution in [1.82, 2.24) is 0 Å². The van der Waals surface area contributed by atoms with Gasteiger partial charge in [-0.05, 0) is 110 Å². The molecule has 4 aliphatic rings. The highest BCUT2D eigenvalue weighted by atomic mass is 19.4. The second-order valence-electron chi connectivity index (χ2n) is 12.7. The molecule has 4 saturated carbocycles.